The van der Waals surface area contributed by atoms with Crippen LogP contribution in [0.15, 0.2) is 18.2 Å². The highest BCUT2D eigenvalue weighted by molar-refractivity contribution is 7.80. The van der Waals surface area contributed by atoms with Crippen LogP contribution in [0.3, 0.4) is 0 Å². The maximum Gasteiger partial charge on any atom is 0.122 e. The second kappa shape index (κ2) is 6.19. The molecule has 0 bridgehead atoms. The Morgan fingerprint density at radius 1 is 1.25 bits per heavy atom. The van der Waals surface area contributed by atoms with Crippen LogP contribution in [0.2, 0.25) is 0 Å². The van der Waals surface area contributed by atoms with Crippen LogP contribution in [-0.4, -0.2) is 12.4 Å². The van der Waals surface area contributed by atoms with Crippen molar-refractivity contribution in [1.82, 2.24) is 0 Å². The molecule has 1 rings (SSSR count). The van der Waals surface area contributed by atoms with Gasteiger partial charge < -0.3 is 4.74 Å². The zero-order chi connectivity index (χ0) is 12.1. The molecule has 0 N–H and O–H groups in total. The lowest BCUT2D eigenvalue weighted by Crippen LogP contribution is -2.10. The monoisotopic (exact) mass is 238 g/mol. The van der Waals surface area contributed by atoms with Gasteiger partial charge >= 0.3 is 0 Å². The topological polar surface area (TPSA) is 9.23 Å². The quantitative estimate of drug-likeness (QED) is 0.761. The predicted molar refractivity (Wildman–Crippen MR) is 73.8 cm³/mol. The first-order valence-electron chi connectivity index (χ1n) is 5.88. The smallest absolute Gasteiger partial charge is 0.122 e. The number of aryl methyl sites for hydroxylation is 1. The molecule has 1 aromatic carbocycles. The van der Waals surface area contributed by atoms with E-state index in [-0.39, 0.29) is 0 Å². The Bertz CT molecular complexity index is 334. The van der Waals surface area contributed by atoms with Gasteiger partial charge in [0.2, 0.25) is 0 Å². The molecule has 0 aliphatic heterocycles. The van der Waals surface area contributed by atoms with Crippen LogP contribution in [0.1, 0.15) is 37.8 Å². The summed E-state index contributed by atoms with van der Waals surface area (Å²) in [6.07, 6.45) is 0. The maximum absolute atomic E-state index is 5.83. The molecule has 90 valence electrons. The van der Waals surface area contributed by atoms with Crippen molar-refractivity contribution in [2.24, 2.45) is 5.92 Å². The Kier molecular flexibility index (Phi) is 5.20. The third-order valence-corrected chi connectivity index (χ3v) is 3.34. The van der Waals surface area contributed by atoms with E-state index in [0.717, 1.165) is 18.1 Å². The highest BCUT2D eigenvalue weighted by Crippen LogP contribution is 2.24. The van der Waals surface area contributed by atoms with Crippen LogP contribution < -0.4 is 4.74 Å². The summed E-state index contributed by atoms with van der Waals surface area (Å²) in [4.78, 5) is 0. The number of hydrogen-bond acceptors (Lipinski definition) is 2. The fourth-order valence-electron chi connectivity index (χ4n) is 1.42. The van der Waals surface area contributed by atoms with Crippen molar-refractivity contribution in [3.05, 3.63) is 29.3 Å². The Balaban J connectivity index is 2.74. The highest BCUT2D eigenvalue weighted by atomic mass is 32.1. The predicted octanol–water partition coefficient (Wildman–Crippen LogP) is 4.06. The van der Waals surface area contributed by atoms with Gasteiger partial charge in [-0.25, -0.2) is 0 Å². The van der Waals surface area contributed by atoms with Crippen LogP contribution >= 0.6 is 12.6 Å². The van der Waals surface area contributed by atoms with Gasteiger partial charge in [-0.05, 0) is 41.7 Å². The number of benzene rings is 1. The summed E-state index contributed by atoms with van der Waals surface area (Å²) in [5.74, 6) is 2.92. The molecular formula is C14H22OS. The molecule has 2 heteroatoms. The van der Waals surface area contributed by atoms with Crippen LogP contribution in [0.5, 0.6) is 5.75 Å². The van der Waals surface area contributed by atoms with E-state index in [1.165, 1.54) is 11.1 Å². The van der Waals surface area contributed by atoms with Gasteiger partial charge in [0.25, 0.3) is 0 Å². The van der Waals surface area contributed by atoms with Gasteiger partial charge in [-0.1, -0.05) is 32.9 Å². The minimum atomic E-state index is 0.491. The standard InChI is InChI=1S/C14H22OS/c1-10(2)13-6-5-12(4)14(7-13)15-8-11(3)9-16/h5-7,10-11,16H,8-9H2,1-4H3. The van der Waals surface area contributed by atoms with E-state index >= 15 is 0 Å². The molecule has 1 atom stereocenters. The second-order valence-electron chi connectivity index (χ2n) is 4.78. The molecule has 0 fully saturated rings. The summed E-state index contributed by atoms with van der Waals surface area (Å²) in [6.45, 7) is 9.38. The third kappa shape index (κ3) is 3.75. The van der Waals surface area contributed by atoms with Crippen molar-refractivity contribution in [2.75, 3.05) is 12.4 Å². The summed E-state index contributed by atoms with van der Waals surface area (Å²) < 4.78 is 5.83. The van der Waals surface area contributed by atoms with Gasteiger partial charge in [-0.15, -0.1) is 0 Å². The van der Waals surface area contributed by atoms with Crippen molar-refractivity contribution < 1.29 is 4.74 Å². The molecule has 0 heterocycles. The van der Waals surface area contributed by atoms with Crippen molar-refractivity contribution in [2.45, 2.75) is 33.6 Å². The molecule has 16 heavy (non-hydrogen) atoms. The third-order valence-electron chi connectivity index (χ3n) is 2.71. The fraction of sp³-hybridized carbons (Fsp3) is 0.571. The fourth-order valence-corrected chi connectivity index (χ4v) is 1.52. The zero-order valence-electron chi connectivity index (χ0n) is 10.7. The summed E-state index contributed by atoms with van der Waals surface area (Å²) in [7, 11) is 0. The van der Waals surface area contributed by atoms with Crippen LogP contribution in [-0.2, 0) is 0 Å². The molecule has 1 unspecified atom stereocenters. The number of hydrogen-bond donors (Lipinski definition) is 1. The van der Waals surface area contributed by atoms with E-state index in [1.54, 1.807) is 0 Å². The van der Waals surface area contributed by atoms with Gasteiger partial charge in [0.05, 0.1) is 6.61 Å². The molecule has 0 aromatic heterocycles. The Hall–Kier alpha value is -0.630. The molecule has 0 aliphatic carbocycles. The Labute approximate surface area is 105 Å². The summed E-state index contributed by atoms with van der Waals surface area (Å²) in [5, 5.41) is 0. The van der Waals surface area contributed by atoms with Crippen molar-refractivity contribution in [3.63, 3.8) is 0 Å². The number of thiol groups is 1. The number of ether oxygens (including phenoxy) is 1. The average molecular weight is 238 g/mol. The molecular weight excluding hydrogens is 216 g/mol. The van der Waals surface area contributed by atoms with Gasteiger partial charge in [-0.3, -0.25) is 0 Å². The molecule has 0 amide bonds. The van der Waals surface area contributed by atoms with E-state index in [4.69, 9.17) is 4.74 Å². The van der Waals surface area contributed by atoms with E-state index in [9.17, 15) is 0 Å². The van der Waals surface area contributed by atoms with E-state index in [2.05, 4.69) is 58.5 Å². The summed E-state index contributed by atoms with van der Waals surface area (Å²) >= 11 is 4.26. The maximum atomic E-state index is 5.83. The first-order chi connectivity index (χ1) is 7.54. The zero-order valence-corrected chi connectivity index (χ0v) is 11.6. The largest absolute Gasteiger partial charge is 0.493 e. The van der Waals surface area contributed by atoms with Crippen molar-refractivity contribution in [3.8, 4) is 5.75 Å². The lowest BCUT2D eigenvalue weighted by molar-refractivity contribution is 0.271. The van der Waals surface area contributed by atoms with Crippen LogP contribution in [0.4, 0.5) is 0 Å². The van der Waals surface area contributed by atoms with Gasteiger partial charge in [-0.2, -0.15) is 12.6 Å². The normalized spacial score (nSPS) is 12.9. The van der Waals surface area contributed by atoms with Gasteiger partial charge in [0.1, 0.15) is 5.75 Å². The molecule has 0 saturated heterocycles. The van der Waals surface area contributed by atoms with E-state index < -0.39 is 0 Å². The highest BCUT2D eigenvalue weighted by Gasteiger charge is 2.06. The molecule has 0 radical (unpaired) electrons. The molecule has 1 nitrogen and oxygen atoms in total. The Morgan fingerprint density at radius 3 is 2.50 bits per heavy atom. The lowest BCUT2D eigenvalue weighted by atomic mass is 10.0. The van der Waals surface area contributed by atoms with Crippen LogP contribution in [0, 0.1) is 12.8 Å². The molecule has 0 saturated carbocycles. The number of rotatable bonds is 5. The van der Waals surface area contributed by atoms with Crippen molar-refractivity contribution in [1.29, 1.82) is 0 Å². The van der Waals surface area contributed by atoms with Crippen LogP contribution in [0.25, 0.3) is 0 Å². The van der Waals surface area contributed by atoms with E-state index in [1.807, 2.05) is 0 Å². The van der Waals surface area contributed by atoms with E-state index in [0.29, 0.717) is 11.8 Å². The Morgan fingerprint density at radius 2 is 1.94 bits per heavy atom. The van der Waals surface area contributed by atoms with Gasteiger partial charge in [0.15, 0.2) is 0 Å². The van der Waals surface area contributed by atoms with Crippen molar-refractivity contribution >= 4 is 12.6 Å². The molecule has 0 spiro atoms. The lowest BCUT2D eigenvalue weighted by Gasteiger charge is -2.15. The minimum absolute atomic E-state index is 0.491. The molecule has 1 aromatic rings. The average Bonchev–Trinajstić information content (AvgIpc) is 2.27. The second-order valence-corrected chi connectivity index (χ2v) is 5.14. The first-order valence-corrected chi connectivity index (χ1v) is 6.52. The van der Waals surface area contributed by atoms with Gasteiger partial charge in [0, 0.05) is 0 Å². The summed E-state index contributed by atoms with van der Waals surface area (Å²) in [5.41, 5.74) is 2.54. The minimum Gasteiger partial charge on any atom is -0.493 e. The SMILES string of the molecule is Cc1ccc(C(C)C)cc1OCC(C)CS. The summed E-state index contributed by atoms with van der Waals surface area (Å²) in [6, 6.07) is 6.47. The molecule has 0 aliphatic rings. The first kappa shape index (κ1) is 13.4.